The van der Waals surface area contributed by atoms with Gasteiger partial charge in [0.15, 0.2) is 16.1 Å². The number of amides is 1. The number of thioether (sulfide) groups is 1. The number of nitrogen functional groups attached to an aromatic ring is 1. The Bertz CT molecular complexity index is 693. The molecule has 0 fully saturated rings. The van der Waals surface area contributed by atoms with E-state index in [1.54, 1.807) is 6.92 Å². The fourth-order valence-corrected chi connectivity index (χ4v) is 3.06. The zero-order chi connectivity index (χ0) is 15.6. The van der Waals surface area contributed by atoms with Crippen molar-refractivity contribution in [2.75, 3.05) is 17.3 Å². The van der Waals surface area contributed by atoms with E-state index in [2.05, 4.69) is 20.5 Å². The van der Waals surface area contributed by atoms with Gasteiger partial charge >= 0.3 is 0 Å². The van der Waals surface area contributed by atoms with E-state index >= 15 is 0 Å². The first kappa shape index (κ1) is 15.4. The lowest BCUT2D eigenvalue weighted by Crippen LogP contribution is -2.20. The summed E-state index contributed by atoms with van der Waals surface area (Å²) < 4.78 is 1.51. The van der Waals surface area contributed by atoms with Crippen LogP contribution in [0.3, 0.4) is 0 Å². The number of thiazole rings is 1. The second kappa shape index (κ2) is 6.22. The molecule has 0 saturated carbocycles. The van der Waals surface area contributed by atoms with Gasteiger partial charge in [-0.3, -0.25) is 14.2 Å². The van der Waals surface area contributed by atoms with E-state index in [0.717, 1.165) is 11.3 Å². The van der Waals surface area contributed by atoms with Crippen LogP contribution in [-0.2, 0) is 11.3 Å². The van der Waals surface area contributed by atoms with Crippen LogP contribution in [0, 0.1) is 6.92 Å². The molecule has 0 aliphatic rings. The smallest absolute Gasteiger partial charge is 0.246 e. The number of aromatic nitrogens is 4. The molecular weight excluding hydrogens is 312 g/mol. The van der Waals surface area contributed by atoms with Crippen LogP contribution in [0.2, 0.25) is 0 Å². The first-order valence-corrected chi connectivity index (χ1v) is 7.97. The van der Waals surface area contributed by atoms with Crippen molar-refractivity contribution in [3.05, 3.63) is 10.6 Å². The molecule has 1 amide bonds. The number of hydrogen-bond donors (Lipinski definition) is 2. The molecule has 0 saturated heterocycles. The minimum atomic E-state index is -0.305. The van der Waals surface area contributed by atoms with E-state index in [0.29, 0.717) is 20.9 Å². The second-order valence-electron chi connectivity index (χ2n) is 4.17. The van der Waals surface area contributed by atoms with Crippen molar-refractivity contribution in [1.82, 2.24) is 19.7 Å². The molecule has 0 aliphatic heterocycles. The summed E-state index contributed by atoms with van der Waals surface area (Å²) in [4.78, 5) is 28.1. The number of nitrogens with zero attached hydrogens (tertiary/aromatic N) is 4. The van der Waals surface area contributed by atoms with Crippen LogP contribution in [-0.4, -0.2) is 37.7 Å². The molecule has 3 N–H and O–H groups in total. The number of nitrogens with two attached hydrogens (primary N) is 1. The largest absolute Gasteiger partial charge is 0.368 e. The third-order valence-electron chi connectivity index (χ3n) is 2.59. The van der Waals surface area contributed by atoms with Gasteiger partial charge in [-0.15, -0.1) is 10.2 Å². The average Bonchev–Trinajstić information content (AvgIpc) is 2.94. The van der Waals surface area contributed by atoms with Crippen molar-refractivity contribution < 1.29 is 9.59 Å². The summed E-state index contributed by atoms with van der Waals surface area (Å²) in [5.41, 5.74) is 6.27. The third-order valence-corrected chi connectivity index (χ3v) is 4.43. The van der Waals surface area contributed by atoms with E-state index in [1.807, 2.05) is 6.26 Å². The van der Waals surface area contributed by atoms with Crippen molar-refractivity contribution in [1.29, 1.82) is 0 Å². The van der Waals surface area contributed by atoms with Crippen LogP contribution in [0.1, 0.15) is 22.3 Å². The molecule has 0 atom stereocenters. The van der Waals surface area contributed by atoms with Crippen LogP contribution in [0.5, 0.6) is 0 Å². The molecule has 8 nitrogen and oxygen atoms in total. The van der Waals surface area contributed by atoms with Gasteiger partial charge in [0, 0.05) is 6.92 Å². The quantitative estimate of drug-likeness (QED) is 0.626. The molecule has 0 radical (unpaired) electrons. The van der Waals surface area contributed by atoms with Gasteiger partial charge in [-0.2, -0.15) is 0 Å². The van der Waals surface area contributed by atoms with Gasteiger partial charge < -0.3 is 11.1 Å². The molecule has 0 spiro atoms. The number of nitrogens with one attached hydrogen (secondary N) is 1. The molecule has 0 bridgehead atoms. The molecule has 0 unspecified atom stereocenters. The number of rotatable bonds is 5. The van der Waals surface area contributed by atoms with E-state index in [4.69, 9.17) is 5.73 Å². The highest BCUT2D eigenvalue weighted by molar-refractivity contribution is 7.98. The summed E-state index contributed by atoms with van der Waals surface area (Å²) in [6, 6.07) is 0. The minimum Gasteiger partial charge on any atom is -0.368 e. The maximum atomic E-state index is 12.0. The molecular formula is C11H14N6O2S2. The lowest BCUT2D eigenvalue weighted by molar-refractivity contribution is -0.116. The maximum Gasteiger partial charge on any atom is 0.246 e. The lowest BCUT2D eigenvalue weighted by atomic mass is 10.3. The van der Waals surface area contributed by atoms with Crippen molar-refractivity contribution in [3.8, 4) is 0 Å². The first-order valence-electron chi connectivity index (χ1n) is 5.93. The topological polar surface area (TPSA) is 116 Å². The van der Waals surface area contributed by atoms with Gasteiger partial charge in [0.2, 0.25) is 11.9 Å². The minimum absolute atomic E-state index is 0.0109. The van der Waals surface area contributed by atoms with Crippen LogP contribution in [0.25, 0.3) is 0 Å². The zero-order valence-electron chi connectivity index (χ0n) is 11.7. The summed E-state index contributed by atoms with van der Waals surface area (Å²) in [5.74, 6) is -0.201. The van der Waals surface area contributed by atoms with Crippen molar-refractivity contribution >= 4 is 45.9 Å². The Kier molecular flexibility index (Phi) is 4.58. The molecule has 21 heavy (non-hydrogen) atoms. The predicted octanol–water partition coefficient (Wildman–Crippen LogP) is 1.19. The third kappa shape index (κ3) is 3.39. The molecule has 2 aromatic heterocycles. The van der Waals surface area contributed by atoms with Gasteiger partial charge in [0.25, 0.3) is 0 Å². The molecule has 0 aliphatic carbocycles. The Morgan fingerprint density at radius 1 is 1.43 bits per heavy atom. The number of anilines is 2. The van der Waals surface area contributed by atoms with Crippen molar-refractivity contribution in [3.63, 3.8) is 0 Å². The Morgan fingerprint density at radius 3 is 2.71 bits per heavy atom. The standard InChI is InChI=1S/C11H14N6O2S2/c1-5-8(6(2)18)21-10(13-5)14-7(19)4-17-9(12)15-16-11(17)20-3/h4H2,1-3H3,(H2,12,15)(H,13,14,19). The van der Waals surface area contributed by atoms with E-state index in [9.17, 15) is 9.59 Å². The number of carbonyl (C=O) groups is 2. The summed E-state index contributed by atoms with van der Waals surface area (Å²) >= 11 is 2.50. The second-order valence-corrected chi connectivity index (χ2v) is 5.94. The van der Waals surface area contributed by atoms with Gasteiger partial charge in [0.1, 0.15) is 6.54 Å². The van der Waals surface area contributed by atoms with Crippen LogP contribution in [0.15, 0.2) is 5.16 Å². The first-order chi connectivity index (χ1) is 9.92. The Hall–Kier alpha value is -1.94. The molecule has 0 aromatic carbocycles. The van der Waals surface area contributed by atoms with Crippen molar-refractivity contribution in [2.45, 2.75) is 25.5 Å². The monoisotopic (exact) mass is 326 g/mol. The SMILES string of the molecule is CSc1nnc(N)n1CC(=O)Nc1nc(C)c(C(C)=O)s1. The highest BCUT2D eigenvalue weighted by Crippen LogP contribution is 2.23. The molecule has 112 valence electrons. The van der Waals surface area contributed by atoms with Crippen LogP contribution < -0.4 is 11.1 Å². The van der Waals surface area contributed by atoms with Gasteiger partial charge in [0.05, 0.1) is 10.6 Å². The summed E-state index contributed by atoms with van der Waals surface area (Å²) in [5, 5.41) is 11.2. The fourth-order valence-electron chi connectivity index (χ4n) is 1.68. The highest BCUT2D eigenvalue weighted by Gasteiger charge is 2.16. The molecule has 2 aromatic rings. The molecule has 2 heterocycles. The fraction of sp³-hybridized carbons (Fsp3) is 0.364. The highest BCUT2D eigenvalue weighted by atomic mass is 32.2. The van der Waals surface area contributed by atoms with Gasteiger partial charge in [-0.1, -0.05) is 23.1 Å². The summed E-state index contributed by atoms with van der Waals surface area (Å²) in [6.45, 7) is 3.18. The Labute approximate surface area is 129 Å². The summed E-state index contributed by atoms with van der Waals surface area (Å²) in [6.07, 6.45) is 1.82. The number of ketones is 1. The van der Waals surface area contributed by atoms with Crippen molar-refractivity contribution in [2.24, 2.45) is 0 Å². The summed E-state index contributed by atoms with van der Waals surface area (Å²) in [7, 11) is 0. The Balaban J connectivity index is 2.10. The molecule has 2 rings (SSSR count). The van der Waals surface area contributed by atoms with E-state index in [1.165, 1.54) is 23.3 Å². The number of hydrogen-bond acceptors (Lipinski definition) is 8. The zero-order valence-corrected chi connectivity index (χ0v) is 13.3. The number of Topliss-reactive ketones (excluding diaryl/α,β-unsaturated/α-hetero) is 1. The van der Waals surface area contributed by atoms with Gasteiger partial charge in [-0.05, 0) is 13.2 Å². The Morgan fingerprint density at radius 2 is 2.14 bits per heavy atom. The number of aryl methyl sites for hydroxylation is 1. The van der Waals surface area contributed by atoms with Gasteiger partial charge in [-0.25, -0.2) is 4.98 Å². The average molecular weight is 326 g/mol. The van der Waals surface area contributed by atoms with E-state index in [-0.39, 0.29) is 24.2 Å². The maximum absolute atomic E-state index is 12.0. The van der Waals surface area contributed by atoms with E-state index < -0.39 is 0 Å². The van der Waals surface area contributed by atoms with Crippen LogP contribution in [0.4, 0.5) is 11.1 Å². The predicted molar refractivity (Wildman–Crippen MR) is 81.7 cm³/mol. The normalized spacial score (nSPS) is 10.6. The molecule has 10 heteroatoms. The lowest BCUT2D eigenvalue weighted by Gasteiger charge is -2.05. The van der Waals surface area contributed by atoms with Crippen LogP contribution >= 0.6 is 23.1 Å². The number of carbonyl (C=O) groups excluding carboxylic acids is 2.